The van der Waals surface area contributed by atoms with Gasteiger partial charge in [-0.1, -0.05) is 12.1 Å². The fraction of sp³-hybridized carbons (Fsp3) is 0.167. The van der Waals surface area contributed by atoms with E-state index in [-0.39, 0.29) is 17.3 Å². The molecule has 0 radical (unpaired) electrons. The van der Waals surface area contributed by atoms with Crippen LogP contribution in [0.3, 0.4) is 0 Å². The summed E-state index contributed by atoms with van der Waals surface area (Å²) in [4.78, 5) is 17.6. The molecule has 2 aromatic carbocycles. The van der Waals surface area contributed by atoms with Crippen molar-refractivity contribution in [2.24, 2.45) is 0 Å². The van der Waals surface area contributed by atoms with Crippen molar-refractivity contribution in [3.63, 3.8) is 0 Å². The molecule has 4 aromatic rings. The van der Waals surface area contributed by atoms with Crippen molar-refractivity contribution in [3.8, 4) is 23.4 Å². The van der Waals surface area contributed by atoms with E-state index in [4.69, 9.17) is 14.5 Å². The number of benzene rings is 2. The molecule has 2 aromatic heterocycles. The van der Waals surface area contributed by atoms with E-state index in [0.717, 1.165) is 10.9 Å². The second kappa shape index (κ2) is 8.78. The zero-order valence-electron chi connectivity index (χ0n) is 17.9. The third kappa shape index (κ3) is 3.84. The van der Waals surface area contributed by atoms with Gasteiger partial charge < -0.3 is 14.8 Å². The highest BCUT2D eigenvalue weighted by Crippen LogP contribution is 2.29. The SMILES string of the molecule is CCOc1ccc(C(=O)Nc2c(C#N)cnn2-c2cc(C)c3cccc(OC)c3n2)cc1. The summed E-state index contributed by atoms with van der Waals surface area (Å²) in [5.74, 6) is 1.63. The Bertz CT molecular complexity index is 1340. The van der Waals surface area contributed by atoms with E-state index in [1.54, 1.807) is 31.4 Å². The predicted octanol–water partition coefficient (Wildman–Crippen LogP) is 4.26. The van der Waals surface area contributed by atoms with E-state index in [2.05, 4.69) is 16.5 Å². The van der Waals surface area contributed by atoms with E-state index in [1.165, 1.54) is 10.9 Å². The number of carbonyl (C=O) groups is 1. The van der Waals surface area contributed by atoms with Gasteiger partial charge in [-0.25, -0.2) is 4.98 Å². The summed E-state index contributed by atoms with van der Waals surface area (Å²) in [6.07, 6.45) is 1.40. The number of fused-ring (bicyclic) bond motifs is 1. The number of rotatable bonds is 6. The predicted molar refractivity (Wildman–Crippen MR) is 120 cm³/mol. The maximum absolute atomic E-state index is 12.9. The zero-order chi connectivity index (χ0) is 22.7. The van der Waals surface area contributed by atoms with E-state index >= 15 is 0 Å². The van der Waals surface area contributed by atoms with Crippen LogP contribution in [0.2, 0.25) is 0 Å². The van der Waals surface area contributed by atoms with Gasteiger partial charge >= 0.3 is 0 Å². The molecule has 0 atom stereocenters. The standard InChI is InChI=1S/C24H21N5O3/c1-4-32-18-10-8-16(9-11-18)24(30)28-23-17(13-25)14-26-29(23)21-12-15(2)19-6-5-7-20(31-3)22(19)27-21/h5-12,14H,4H2,1-3H3,(H,28,30). The van der Waals surface area contributed by atoms with Gasteiger partial charge in [0.1, 0.15) is 28.6 Å². The molecule has 0 aliphatic rings. The Hall–Kier alpha value is -4.38. The average molecular weight is 427 g/mol. The number of aromatic nitrogens is 3. The van der Waals surface area contributed by atoms with Crippen LogP contribution in [0, 0.1) is 18.3 Å². The normalized spacial score (nSPS) is 10.6. The summed E-state index contributed by atoms with van der Waals surface area (Å²) in [6, 6.07) is 16.4. The van der Waals surface area contributed by atoms with Crippen LogP contribution in [0.4, 0.5) is 5.82 Å². The van der Waals surface area contributed by atoms with Crippen LogP contribution in [0.15, 0.2) is 54.7 Å². The number of carbonyl (C=O) groups excluding carboxylic acids is 1. The number of pyridine rings is 1. The van der Waals surface area contributed by atoms with Crippen molar-refractivity contribution >= 4 is 22.6 Å². The first kappa shape index (κ1) is 20.9. The lowest BCUT2D eigenvalue weighted by Crippen LogP contribution is -2.16. The second-order valence-electron chi connectivity index (χ2n) is 7.00. The molecular weight excluding hydrogens is 406 g/mol. The zero-order valence-corrected chi connectivity index (χ0v) is 17.9. The number of nitrogens with zero attached hydrogens (tertiary/aromatic N) is 4. The fourth-order valence-electron chi connectivity index (χ4n) is 3.42. The lowest BCUT2D eigenvalue weighted by atomic mass is 10.1. The van der Waals surface area contributed by atoms with E-state index in [1.807, 2.05) is 38.1 Å². The molecule has 0 unspecified atom stereocenters. The van der Waals surface area contributed by atoms with Crippen molar-refractivity contribution in [1.29, 1.82) is 5.26 Å². The van der Waals surface area contributed by atoms with Crippen LogP contribution in [-0.4, -0.2) is 34.4 Å². The molecule has 0 spiro atoms. The highest BCUT2D eigenvalue weighted by atomic mass is 16.5. The number of nitriles is 1. The van der Waals surface area contributed by atoms with Crippen molar-refractivity contribution in [1.82, 2.24) is 14.8 Å². The van der Waals surface area contributed by atoms with Gasteiger partial charge in [0.15, 0.2) is 11.6 Å². The minimum absolute atomic E-state index is 0.226. The number of aryl methyl sites for hydroxylation is 1. The minimum atomic E-state index is -0.374. The maximum Gasteiger partial charge on any atom is 0.256 e. The van der Waals surface area contributed by atoms with Gasteiger partial charge in [-0.15, -0.1) is 0 Å². The summed E-state index contributed by atoms with van der Waals surface area (Å²) in [5.41, 5.74) is 2.28. The van der Waals surface area contributed by atoms with Gasteiger partial charge in [0.2, 0.25) is 0 Å². The average Bonchev–Trinajstić information content (AvgIpc) is 3.21. The molecule has 0 bridgehead atoms. The van der Waals surface area contributed by atoms with E-state index in [0.29, 0.717) is 35.0 Å². The van der Waals surface area contributed by atoms with Gasteiger partial charge in [-0.05, 0) is 55.8 Å². The molecule has 32 heavy (non-hydrogen) atoms. The van der Waals surface area contributed by atoms with Crippen LogP contribution in [0.25, 0.3) is 16.7 Å². The number of amides is 1. The van der Waals surface area contributed by atoms with Crippen LogP contribution in [0.1, 0.15) is 28.4 Å². The molecule has 0 aliphatic carbocycles. The number of para-hydroxylation sites is 1. The molecule has 0 saturated carbocycles. The molecule has 1 amide bonds. The third-order valence-corrected chi connectivity index (χ3v) is 4.98. The van der Waals surface area contributed by atoms with Gasteiger partial charge in [-0.2, -0.15) is 15.0 Å². The highest BCUT2D eigenvalue weighted by molar-refractivity contribution is 6.04. The fourth-order valence-corrected chi connectivity index (χ4v) is 3.42. The highest BCUT2D eigenvalue weighted by Gasteiger charge is 2.18. The van der Waals surface area contributed by atoms with Gasteiger partial charge in [-0.3, -0.25) is 4.79 Å². The summed E-state index contributed by atoms with van der Waals surface area (Å²) in [5, 5.41) is 17.6. The Balaban J connectivity index is 1.74. The smallest absolute Gasteiger partial charge is 0.256 e. The summed E-state index contributed by atoms with van der Waals surface area (Å²) in [6.45, 7) is 4.39. The van der Waals surface area contributed by atoms with Gasteiger partial charge in [0, 0.05) is 10.9 Å². The first-order valence-corrected chi connectivity index (χ1v) is 10.0. The number of nitrogens with one attached hydrogen (secondary N) is 1. The molecule has 1 N–H and O–H groups in total. The Morgan fingerprint density at radius 1 is 1.22 bits per heavy atom. The largest absolute Gasteiger partial charge is 0.494 e. The number of hydrogen-bond acceptors (Lipinski definition) is 6. The monoisotopic (exact) mass is 427 g/mol. The van der Waals surface area contributed by atoms with Crippen LogP contribution in [-0.2, 0) is 0 Å². The van der Waals surface area contributed by atoms with Crippen LogP contribution >= 0.6 is 0 Å². The summed E-state index contributed by atoms with van der Waals surface area (Å²) >= 11 is 0. The minimum Gasteiger partial charge on any atom is -0.494 e. The quantitative estimate of drug-likeness (QED) is 0.493. The first-order valence-electron chi connectivity index (χ1n) is 10.0. The summed E-state index contributed by atoms with van der Waals surface area (Å²) < 4.78 is 12.3. The lowest BCUT2D eigenvalue weighted by Gasteiger charge is -2.13. The topological polar surface area (TPSA) is 102 Å². The molecule has 0 saturated heterocycles. The molecule has 160 valence electrons. The van der Waals surface area contributed by atoms with Crippen LogP contribution < -0.4 is 14.8 Å². The molecular formula is C24H21N5O3. The first-order chi connectivity index (χ1) is 15.5. The number of anilines is 1. The van der Waals surface area contributed by atoms with Crippen molar-refractivity contribution < 1.29 is 14.3 Å². The van der Waals surface area contributed by atoms with Crippen molar-refractivity contribution in [3.05, 3.63) is 71.4 Å². The molecule has 2 heterocycles. The van der Waals surface area contributed by atoms with Gasteiger partial charge in [0.05, 0.1) is 19.9 Å². The lowest BCUT2D eigenvalue weighted by molar-refractivity contribution is 0.102. The van der Waals surface area contributed by atoms with E-state index in [9.17, 15) is 10.1 Å². The molecule has 0 fully saturated rings. The maximum atomic E-state index is 12.9. The Labute approximate surface area is 185 Å². The van der Waals surface area contributed by atoms with Crippen molar-refractivity contribution in [2.75, 3.05) is 19.0 Å². The molecule has 0 aliphatic heterocycles. The number of ether oxygens (including phenoxy) is 2. The second-order valence-corrected chi connectivity index (χ2v) is 7.00. The Morgan fingerprint density at radius 3 is 2.69 bits per heavy atom. The van der Waals surface area contributed by atoms with E-state index < -0.39 is 0 Å². The number of methoxy groups -OCH3 is 1. The Kier molecular flexibility index (Phi) is 5.73. The van der Waals surface area contributed by atoms with Gasteiger partial charge in [0.25, 0.3) is 5.91 Å². The Morgan fingerprint density at radius 2 is 2.00 bits per heavy atom. The summed E-state index contributed by atoms with van der Waals surface area (Å²) in [7, 11) is 1.59. The molecule has 8 nitrogen and oxygen atoms in total. The van der Waals surface area contributed by atoms with Crippen molar-refractivity contribution in [2.45, 2.75) is 13.8 Å². The molecule has 4 rings (SSSR count). The molecule has 8 heteroatoms. The van der Waals surface area contributed by atoms with Crippen LogP contribution in [0.5, 0.6) is 11.5 Å². The third-order valence-electron chi connectivity index (χ3n) is 4.98. The number of hydrogen-bond donors (Lipinski definition) is 1.